The number of imide groups is 1. The molecule has 0 aliphatic carbocycles. The minimum Gasteiger partial charge on any atom is -0.282 e. The summed E-state index contributed by atoms with van der Waals surface area (Å²) in [5.41, 5.74) is 0. The first-order chi connectivity index (χ1) is 10.0. The van der Waals surface area contributed by atoms with Crippen molar-refractivity contribution < 1.29 is 13.8 Å². The zero-order valence-corrected chi connectivity index (χ0v) is 13.5. The molecule has 114 valence electrons. The summed E-state index contributed by atoms with van der Waals surface area (Å²) in [5, 5.41) is -0.0881. The lowest BCUT2D eigenvalue weighted by Gasteiger charge is -2.21. The summed E-state index contributed by atoms with van der Waals surface area (Å²) in [6.45, 7) is 2.16. The topological polar surface area (TPSA) is 54.5 Å². The van der Waals surface area contributed by atoms with E-state index in [1.165, 1.54) is 4.90 Å². The Kier molecular flexibility index (Phi) is 5.53. The number of halogens is 1. The van der Waals surface area contributed by atoms with Gasteiger partial charge in [0, 0.05) is 22.9 Å². The number of benzene rings is 1. The average Bonchev–Trinajstić information content (AvgIpc) is 2.68. The van der Waals surface area contributed by atoms with Crippen LogP contribution in [0.2, 0.25) is 5.02 Å². The quantitative estimate of drug-likeness (QED) is 0.857. The van der Waals surface area contributed by atoms with Gasteiger partial charge < -0.3 is 0 Å². The highest BCUT2D eigenvalue weighted by Gasteiger charge is 2.34. The minimum atomic E-state index is -1.46. The van der Waals surface area contributed by atoms with Crippen LogP contribution < -0.4 is 0 Å². The molecule has 21 heavy (non-hydrogen) atoms. The van der Waals surface area contributed by atoms with Gasteiger partial charge in [-0.15, -0.1) is 0 Å². The molecule has 1 fully saturated rings. The Morgan fingerprint density at radius 3 is 2.62 bits per heavy atom. The van der Waals surface area contributed by atoms with Gasteiger partial charge in [0.05, 0.1) is 10.8 Å². The summed E-state index contributed by atoms with van der Waals surface area (Å²) in [5.74, 6) is -0.507. The first-order valence-corrected chi connectivity index (χ1v) is 8.64. The van der Waals surface area contributed by atoms with Crippen LogP contribution in [-0.4, -0.2) is 32.7 Å². The van der Waals surface area contributed by atoms with Gasteiger partial charge in [-0.1, -0.05) is 18.5 Å². The van der Waals surface area contributed by atoms with Gasteiger partial charge in [0.15, 0.2) is 0 Å². The lowest BCUT2D eigenvalue weighted by Crippen LogP contribution is -2.43. The Labute approximate surface area is 131 Å². The molecule has 0 radical (unpaired) electrons. The van der Waals surface area contributed by atoms with Crippen LogP contribution in [0.4, 0.5) is 0 Å². The van der Waals surface area contributed by atoms with Crippen LogP contribution in [-0.2, 0) is 20.4 Å². The molecule has 0 bridgehead atoms. The maximum Gasteiger partial charge on any atom is 0.245 e. The number of carbonyl (C=O) groups excluding carboxylic acids is 2. The number of carbonyl (C=O) groups is 2. The molecule has 1 aliphatic rings. The standard InChI is InChI=1S/C15H18ClNO3S/c1-2-14(18)17-10-4-3-5-13(15(17)19)21(20)12-8-6-11(16)7-9-12/h6-9,13H,2-5,10H2,1H3. The van der Waals surface area contributed by atoms with E-state index in [4.69, 9.17) is 11.6 Å². The van der Waals surface area contributed by atoms with Gasteiger partial charge in [0.2, 0.25) is 11.8 Å². The van der Waals surface area contributed by atoms with Crippen molar-refractivity contribution in [3.8, 4) is 0 Å². The fourth-order valence-corrected chi connectivity index (χ4v) is 3.93. The third kappa shape index (κ3) is 3.71. The molecule has 0 spiro atoms. The highest BCUT2D eigenvalue weighted by atomic mass is 35.5. The summed E-state index contributed by atoms with van der Waals surface area (Å²) < 4.78 is 12.6. The molecule has 2 amide bonds. The summed E-state index contributed by atoms with van der Waals surface area (Å²) in [4.78, 5) is 26.2. The number of likely N-dealkylation sites (tertiary alicyclic amines) is 1. The maximum absolute atomic E-state index is 12.6. The summed E-state index contributed by atoms with van der Waals surface area (Å²) in [6, 6.07) is 6.65. The van der Waals surface area contributed by atoms with Crippen LogP contribution in [0.25, 0.3) is 0 Å². The molecule has 0 aromatic heterocycles. The molecular weight excluding hydrogens is 310 g/mol. The van der Waals surface area contributed by atoms with E-state index in [1.54, 1.807) is 31.2 Å². The molecular formula is C15H18ClNO3S. The molecule has 0 N–H and O–H groups in total. The SMILES string of the molecule is CCC(=O)N1CCCCC(S(=O)c2ccc(Cl)cc2)C1=O. The van der Waals surface area contributed by atoms with E-state index < -0.39 is 16.0 Å². The van der Waals surface area contributed by atoms with Crippen LogP contribution in [0.5, 0.6) is 0 Å². The van der Waals surface area contributed by atoms with E-state index in [9.17, 15) is 13.8 Å². The molecule has 2 rings (SSSR count). The van der Waals surface area contributed by atoms with Crippen molar-refractivity contribution >= 4 is 34.2 Å². The van der Waals surface area contributed by atoms with Crippen LogP contribution in [0, 0.1) is 0 Å². The molecule has 1 aromatic rings. The molecule has 0 saturated carbocycles. The van der Waals surface area contributed by atoms with Crippen molar-refractivity contribution in [3.05, 3.63) is 29.3 Å². The van der Waals surface area contributed by atoms with Crippen molar-refractivity contribution in [1.29, 1.82) is 0 Å². The molecule has 2 unspecified atom stereocenters. The number of hydrogen-bond acceptors (Lipinski definition) is 3. The number of nitrogens with zero attached hydrogens (tertiary/aromatic N) is 1. The predicted octanol–water partition coefficient (Wildman–Crippen LogP) is 2.77. The van der Waals surface area contributed by atoms with E-state index in [0.717, 1.165) is 12.8 Å². The largest absolute Gasteiger partial charge is 0.282 e. The smallest absolute Gasteiger partial charge is 0.245 e. The summed E-state index contributed by atoms with van der Waals surface area (Å²) >= 11 is 5.82. The first kappa shape index (κ1) is 16.2. The second-order valence-electron chi connectivity index (χ2n) is 4.97. The van der Waals surface area contributed by atoms with Gasteiger partial charge in [-0.2, -0.15) is 0 Å². The molecule has 1 heterocycles. The average molecular weight is 328 g/mol. The number of amides is 2. The highest BCUT2D eigenvalue weighted by Crippen LogP contribution is 2.23. The second-order valence-corrected chi connectivity index (χ2v) is 7.04. The van der Waals surface area contributed by atoms with Gasteiger partial charge in [0.25, 0.3) is 0 Å². The van der Waals surface area contributed by atoms with Gasteiger partial charge in [-0.05, 0) is 43.5 Å². The Hall–Kier alpha value is -1.20. The predicted molar refractivity (Wildman–Crippen MR) is 82.5 cm³/mol. The van der Waals surface area contributed by atoms with E-state index in [1.807, 2.05) is 0 Å². The van der Waals surface area contributed by atoms with Crippen LogP contribution in [0.15, 0.2) is 29.2 Å². The Morgan fingerprint density at radius 1 is 1.33 bits per heavy atom. The fraction of sp³-hybridized carbons (Fsp3) is 0.467. The molecule has 2 atom stereocenters. The molecule has 1 saturated heterocycles. The van der Waals surface area contributed by atoms with Gasteiger partial charge in [-0.25, -0.2) is 0 Å². The highest BCUT2D eigenvalue weighted by molar-refractivity contribution is 7.86. The third-order valence-corrected chi connectivity index (χ3v) is 5.49. The minimum absolute atomic E-state index is 0.194. The third-order valence-electron chi connectivity index (χ3n) is 3.55. The van der Waals surface area contributed by atoms with Crippen molar-refractivity contribution in [1.82, 2.24) is 4.90 Å². The Morgan fingerprint density at radius 2 is 2.00 bits per heavy atom. The molecule has 4 nitrogen and oxygen atoms in total. The van der Waals surface area contributed by atoms with Gasteiger partial charge >= 0.3 is 0 Å². The Balaban J connectivity index is 2.24. The van der Waals surface area contributed by atoms with E-state index in [2.05, 4.69) is 0 Å². The fourth-order valence-electron chi connectivity index (χ4n) is 2.38. The van der Waals surface area contributed by atoms with Gasteiger partial charge in [-0.3, -0.25) is 18.7 Å². The molecule has 6 heteroatoms. The lowest BCUT2D eigenvalue weighted by molar-refractivity contribution is -0.143. The van der Waals surface area contributed by atoms with Crippen LogP contribution >= 0.6 is 11.6 Å². The Bertz CT molecular complexity index is 559. The van der Waals surface area contributed by atoms with Crippen molar-refractivity contribution in [3.63, 3.8) is 0 Å². The van der Waals surface area contributed by atoms with Crippen molar-refractivity contribution in [2.45, 2.75) is 42.8 Å². The normalized spacial score (nSPS) is 21.0. The van der Waals surface area contributed by atoms with E-state index in [0.29, 0.717) is 22.9 Å². The molecule has 1 aliphatic heterocycles. The van der Waals surface area contributed by atoms with Gasteiger partial charge in [0.1, 0.15) is 5.25 Å². The van der Waals surface area contributed by atoms with Crippen molar-refractivity contribution in [2.24, 2.45) is 0 Å². The lowest BCUT2D eigenvalue weighted by atomic mass is 10.2. The zero-order valence-electron chi connectivity index (χ0n) is 11.9. The van der Waals surface area contributed by atoms with Crippen LogP contribution in [0.1, 0.15) is 32.6 Å². The molecule has 1 aromatic carbocycles. The number of rotatable bonds is 3. The first-order valence-electron chi connectivity index (χ1n) is 7.05. The summed E-state index contributed by atoms with van der Waals surface area (Å²) in [7, 11) is -1.46. The van der Waals surface area contributed by atoms with E-state index >= 15 is 0 Å². The zero-order chi connectivity index (χ0) is 15.4. The maximum atomic E-state index is 12.6. The summed E-state index contributed by atoms with van der Waals surface area (Å²) in [6.07, 6.45) is 2.39. The second kappa shape index (κ2) is 7.18. The van der Waals surface area contributed by atoms with Crippen molar-refractivity contribution in [2.75, 3.05) is 6.54 Å². The van der Waals surface area contributed by atoms with Crippen LogP contribution in [0.3, 0.4) is 0 Å². The number of hydrogen-bond donors (Lipinski definition) is 0. The monoisotopic (exact) mass is 327 g/mol. The van der Waals surface area contributed by atoms with E-state index in [-0.39, 0.29) is 18.2 Å².